The van der Waals surface area contributed by atoms with Crippen molar-refractivity contribution in [3.63, 3.8) is 0 Å². The third-order valence-electron chi connectivity index (χ3n) is 1.43. The highest BCUT2D eigenvalue weighted by molar-refractivity contribution is 6.02. The number of rotatable bonds is 3. The third-order valence-corrected chi connectivity index (χ3v) is 1.43. The summed E-state index contributed by atoms with van der Waals surface area (Å²) in [5.41, 5.74) is 5.64. The largest absolute Gasteiger partial charge is 0.369 e. The number of nitrogens with two attached hydrogens (primary N) is 1. The van der Waals surface area contributed by atoms with Gasteiger partial charge in [-0.15, -0.1) is 0 Å². The Morgan fingerprint density at radius 2 is 2.38 bits per heavy atom. The molecule has 0 unspecified atom stereocenters. The molecule has 70 valence electrons. The number of carbonyl (C=O) groups is 2. The van der Waals surface area contributed by atoms with E-state index in [0.29, 0.717) is 5.82 Å². The number of nitrogens with zero attached hydrogens (tertiary/aromatic N) is 1. The summed E-state index contributed by atoms with van der Waals surface area (Å²) in [5, 5.41) is 8.74. The Morgan fingerprint density at radius 3 is 2.85 bits per heavy atom. The number of amides is 2. The summed E-state index contributed by atoms with van der Waals surface area (Å²) in [5.74, 6) is -0.610. The number of aromatic nitrogens is 2. The van der Waals surface area contributed by atoms with Gasteiger partial charge in [0.05, 0.1) is 6.20 Å². The standard InChI is InChI=1S/C7H10N4O2/c1-4-3-9-11-7(4)10-6(13)2-5(8)12/h3H,2H2,1H3,(H2,8,12)(H2,9,10,11,13). The van der Waals surface area contributed by atoms with E-state index in [1.807, 2.05) is 0 Å². The first-order valence-corrected chi connectivity index (χ1v) is 3.67. The van der Waals surface area contributed by atoms with Gasteiger partial charge in [0.1, 0.15) is 12.2 Å². The Hall–Kier alpha value is -1.85. The lowest BCUT2D eigenvalue weighted by Gasteiger charge is -2.00. The first kappa shape index (κ1) is 9.24. The quantitative estimate of drug-likeness (QED) is 0.551. The van der Waals surface area contributed by atoms with Crippen LogP contribution in [-0.4, -0.2) is 22.0 Å². The van der Waals surface area contributed by atoms with E-state index < -0.39 is 11.8 Å². The molecule has 0 aromatic carbocycles. The van der Waals surface area contributed by atoms with Crippen LogP contribution >= 0.6 is 0 Å². The zero-order chi connectivity index (χ0) is 9.84. The summed E-state index contributed by atoms with van der Waals surface area (Å²) < 4.78 is 0. The van der Waals surface area contributed by atoms with Gasteiger partial charge in [-0.3, -0.25) is 14.7 Å². The lowest BCUT2D eigenvalue weighted by atomic mass is 10.3. The molecule has 0 saturated carbocycles. The van der Waals surface area contributed by atoms with E-state index in [0.717, 1.165) is 5.56 Å². The lowest BCUT2D eigenvalue weighted by molar-refractivity contribution is -0.124. The van der Waals surface area contributed by atoms with Gasteiger partial charge < -0.3 is 11.1 Å². The highest BCUT2D eigenvalue weighted by Gasteiger charge is 2.08. The van der Waals surface area contributed by atoms with Crippen molar-refractivity contribution < 1.29 is 9.59 Å². The van der Waals surface area contributed by atoms with Crippen LogP contribution in [-0.2, 0) is 9.59 Å². The maximum atomic E-state index is 11.0. The number of H-pyrrole nitrogens is 1. The van der Waals surface area contributed by atoms with Crippen LogP contribution in [0.4, 0.5) is 5.82 Å². The van der Waals surface area contributed by atoms with Crippen LogP contribution < -0.4 is 11.1 Å². The SMILES string of the molecule is Cc1cn[nH]c1NC(=O)CC(N)=O. The molecule has 0 radical (unpaired) electrons. The molecule has 6 nitrogen and oxygen atoms in total. The second kappa shape index (κ2) is 3.70. The highest BCUT2D eigenvalue weighted by Crippen LogP contribution is 2.08. The second-order valence-corrected chi connectivity index (χ2v) is 2.62. The molecular weight excluding hydrogens is 172 g/mol. The van der Waals surface area contributed by atoms with Crippen LogP contribution in [0.2, 0.25) is 0 Å². The van der Waals surface area contributed by atoms with E-state index in [9.17, 15) is 9.59 Å². The summed E-state index contributed by atoms with van der Waals surface area (Å²) in [7, 11) is 0. The van der Waals surface area contributed by atoms with Crippen LogP contribution in [0, 0.1) is 6.92 Å². The van der Waals surface area contributed by atoms with E-state index in [1.165, 1.54) is 0 Å². The minimum Gasteiger partial charge on any atom is -0.369 e. The van der Waals surface area contributed by atoms with Crippen molar-refractivity contribution in [1.29, 1.82) is 0 Å². The fourth-order valence-corrected chi connectivity index (χ4v) is 0.815. The van der Waals surface area contributed by atoms with Gasteiger partial charge in [-0.25, -0.2) is 0 Å². The smallest absolute Gasteiger partial charge is 0.234 e. The van der Waals surface area contributed by atoms with Crippen molar-refractivity contribution in [1.82, 2.24) is 10.2 Å². The summed E-state index contributed by atoms with van der Waals surface area (Å²) in [6.45, 7) is 1.78. The van der Waals surface area contributed by atoms with Crippen LogP contribution in [0.3, 0.4) is 0 Å². The summed E-state index contributed by atoms with van der Waals surface area (Å²) in [6.07, 6.45) is 1.25. The molecule has 0 aliphatic carbocycles. The maximum Gasteiger partial charge on any atom is 0.234 e. The molecule has 1 aromatic heterocycles. The lowest BCUT2D eigenvalue weighted by Crippen LogP contribution is -2.21. The molecule has 2 amide bonds. The van der Waals surface area contributed by atoms with E-state index in [2.05, 4.69) is 15.5 Å². The van der Waals surface area contributed by atoms with Crippen LogP contribution in [0.1, 0.15) is 12.0 Å². The molecule has 1 heterocycles. The topological polar surface area (TPSA) is 101 Å². The first-order valence-electron chi connectivity index (χ1n) is 3.67. The van der Waals surface area contributed by atoms with Gasteiger partial charge in [0.15, 0.2) is 0 Å². The number of nitrogens with one attached hydrogen (secondary N) is 2. The Morgan fingerprint density at radius 1 is 1.69 bits per heavy atom. The van der Waals surface area contributed by atoms with Gasteiger partial charge in [0, 0.05) is 5.56 Å². The molecule has 0 aliphatic rings. The molecule has 0 bridgehead atoms. The number of hydrogen-bond acceptors (Lipinski definition) is 3. The third kappa shape index (κ3) is 2.58. The maximum absolute atomic E-state index is 11.0. The van der Waals surface area contributed by atoms with Crippen molar-refractivity contribution in [2.75, 3.05) is 5.32 Å². The van der Waals surface area contributed by atoms with Crippen molar-refractivity contribution in [3.05, 3.63) is 11.8 Å². The highest BCUT2D eigenvalue weighted by atomic mass is 16.2. The molecule has 1 aromatic rings. The predicted molar refractivity (Wildman–Crippen MR) is 45.8 cm³/mol. The molecule has 0 saturated heterocycles. The molecule has 0 spiro atoms. The van der Waals surface area contributed by atoms with E-state index in [-0.39, 0.29) is 6.42 Å². The van der Waals surface area contributed by atoms with Crippen molar-refractivity contribution in [2.24, 2.45) is 5.73 Å². The summed E-state index contributed by atoms with van der Waals surface area (Å²) in [4.78, 5) is 21.4. The molecule has 0 fully saturated rings. The molecule has 13 heavy (non-hydrogen) atoms. The minimum absolute atomic E-state index is 0.321. The molecule has 0 atom stereocenters. The number of aromatic amines is 1. The van der Waals surface area contributed by atoms with Crippen LogP contribution in [0.25, 0.3) is 0 Å². The van der Waals surface area contributed by atoms with Gasteiger partial charge in [0.2, 0.25) is 11.8 Å². The molecule has 1 rings (SSSR count). The summed E-state index contributed by atoms with van der Waals surface area (Å²) >= 11 is 0. The zero-order valence-corrected chi connectivity index (χ0v) is 7.13. The van der Waals surface area contributed by atoms with Gasteiger partial charge in [0.25, 0.3) is 0 Å². The number of primary amides is 1. The molecule has 4 N–H and O–H groups in total. The van der Waals surface area contributed by atoms with Gasteiger partial charge >= 0.3 is 0 Å². The van der Waals surface area contributed by atoms with Gasteiger partial charge in [-0.2, -0.15) is 5.10 Å². The molecule has 0 aliphatic heterocycles. The second-order valence-electron chi connectivity index (χ2n) is 2.62. The van der Waals surface area contributed by atoms with Crippen molar-refractivity contribution in [2.45, 2.75) is 13.3 Å². The number of hydrogen-bond donors (Lipinski definition) is 3. The van der Waals surface area contributed by atoms with Crippen LogP contribution in [0.15, 0.2) is 6.20 Å². The fourth-order valence-electron chi connectivity index (χ4n) is 0.815. The van der Waals surface area contributed by atoms with Crippen LogP contribution in [0.5, 0.6) is 0 Å². The van der Waals surface area contributed by atoms with Gasteiger partial charge in [-0.1, -0.05) is 0 Å². The Balaban J connectivity index is 2.55. The average Bonchev–Trinajstić information content (AvgIpc) is 2.34. The monoisotopic (exact) mass is 182 g/mol. The first-order chi connectivity index (χ1) is 6.09. The Labute approximate surface area is 74.5 Å². The normalized spacial score (nSPS) is 9.62. The van der Waals surface area contributed by atoms with Crippen molar-refractivity contribution in [3.8, 4) is 0 Å². The number of anilines is 1. The predicted octanol–water partition coefficient (Wildman–Crippen LogP) is -0.468. The average molecular weight is 182 g/mol. The molecular formula is C7H10N4O2. The number of carbonyl (C=O) groups excluding carboxylic acids is 2. The Kier molecular flexibility index (Phi) is 2.63. The van der Waals surface area contributed by atoms with E-state index in [4.69, 9.17) is 5.73 Å². The number of aryl methyl sites for hydroxylation is 1. The Bertz CT molecular complexity index is 331. The minimum atomic E-state index is -0.658. The molecule has 6 heteroatoms. The fraction of sp³-hybridized carbons (Fsp3) is 0.286. The zero-order valence-electron chi connectivity index (χ0n) is 7.13. The van der Waals surface area contributed by atoms with E-state index >= 15 is 0 Å². The van der Waals surface area contributed by atoms with Gasteiger partial charge in [-0.05, 0) is 6.92 Å². The summed E-state index contributed by atoms with van der Waals surface area (Å²) in [6, 6.07) is 0. The van der Waals surface area contributed by atoms with Crippen molar-refractivity contribution >= 4 is 17.6 Å². The van der Waals surface area contributed by atoms with E-state index in [1.54, 1.807) is 13.1 Å².